The number of nitrogens with zero attached hydrogens (tertiary/aromatic N) is 1. The largest absolute Gasteiger partial charge is 0.306 e. The van der Waals surface area contributed by atoms with E-state index in [0.29, 0.717) is 0 Å². The van der Waals surface area contributed by atoms with Crippen molar-refractivity contribution in [3.05, 3.63) is 12.7 Å². The lowest BCUT2D eigenvalue weighted by Crippen LogP contribution is -2.31. The fraction of sp³-hybridized carbons (Fsp3) is 0.818. The van der Waals surface area contributed by atoms with Gasteiger partial charge in [0.1, 0.15) is 0 Å². The maximum absolute atomic E-state index is 3.80. The van der Waals surface area contributed by atoms with E-state index in [1.165, 1.54) is 32.1 Å². The molecule has 0 aliphatic heterocycles. The number of hydrogen-bond donors (Lipinski definition) is 0. The Balaban J connectivity index is 2.24. The Kier molecular flexibility index (Phi) is 3.80. The summed E-state index contributed by atoms with van der Waals surface area (Å²) in [6.07, 6.45) is 8.85. The summed E-state index contributed by atoms with van der Waals surface area (Å²) >= 11 is 0. The highest BCUT2D eigenvalue weighted by molar-refractivity contribution is 4.81. The summed E-state index contributed by atoms with van der Waals surface area (Å²) in [5.74, 6) is 0.929. The molecule has 0 amide bonds. The first-order valence-corrected chi connectivity index (χ1v) is 5.01. The van der Waals surface area contributed by atoms with Crippen molar-refractivity contribution in [2.24, 2.45) is 5.92 Å². The average Bonchev–Trinajstić information content (AvgIpc) is 2.06. The van der Waals surface area contributed by atoms with E-state index in [9.17, 15) is 0 Å². The summed E-state index contributed by atoms with van der Waals surface area (Å²) in [7, 11) is 4.39. The Bertz CT molecular complexity index is 132. The molecular weight excluding hydrogens is 146 g/mol. The van der Waals surface area contributed by atoms with Crippen molar-refractivity contribution in [1.82, 2.24) is 4.90 Å². The maximum Gasteiger partial charge on any atom is 0.00893 e. The van der Waals surface area contributed by atoms with Crippen LogP contribution in [0, 0.1) is 5.92 Å². The van der Waals surface area contributed by atoms with Gasteiger partial charge in [0.05, 0.1) is 0 Å². The van der Waals surface area contributed by atoms with Gasteiger partial charge in [-0.25, -0.2) is 0 Å². The van der Waals surface area contributed by atoms with Crippen LogP contribution in [0.1, 0.15) is 32.1 Å². The van der Waals surface area contributed by atoms with Crippen LogP contribution < -0.4 is 0 Å². The van der Waals surface area contributed by atoms with Gasteiger partial charge in [0.25, 0.3) is 0 Å². The Labute approximate surface area is 76.5 Å². The van der Waals surface area contributed by atoms with Gasteiger partial charge < -0.3 is 4.90 Å². The van der Waals surface area contributed by atoms with Crippen LogP contribution in [0.2, 0.25) is 0 Å². The third-order valence-electron chi connectivity index (χ3n) is 3.05. The normalized spacial score (nSPS) is 30.6. The summed E-state index contributed by atoms with van der Waals surface area (Å²) in [6.45, 7) is 3.80. The molecule has 0 aromatic rings. The molecule has 0 N–H and O–H groups in total. The van der Waals surface area contributed by atoms with Gasteiger partial charge in [-0.15, -0.1) is 6.58 Å². The molecule has 0 saturated heterocycles. The molecule has 1 rings (SSSR count). The van der Waals surface area contributed by atoms with Crippen molar-refractivity contribution < 1.29 is 0 Å². The van der Waals surface area contributed by atoms with Crippen molar-refractivity contribution in [3.63, 3.8) is 0 Å². The Morgan fingerprint density at radius 2 is 1.83 bits per heavy atom. The van der Waals surface area contributed by atoms with E-state index in [0.717, 1.165) is 12.0 Å². The van der Waals surface area contributed by atoms with Crippen LogP contribution in [-0.2, 0) is 0 Å². The molecule has 0 aromatic carbocycles. The smallest absolute Gasteiger partial charge is 0.00893 e. The molecule has 1 nitrogen and oxygen atoms in total. The first-order chi connectivity index (χ1) is 5.74. The minimum atomic E-state index is 0.839. The van der Waals surface area contributed by atoms with Crippen molar-refractivity contribution >= 4 is 0 Å². The Morgan fingerprint density at radius 3 is 2.25 bits per heavy atom. The zero-order valence-electron chi connectivity index (χ0n) is 8.42. The molecule has 0 atom stereocenters. The van der Waals surface area contributed by atoms with E-state index in [4.69, 9.17) is 0 Å². The summed E-state index contributed by atoms with van der Waals surface area (Å²) in [5, 5.41) is 0. The van der Waals surface area contributed by atoms with Crippen LogP contribution in [0.15, 0.2) is 12.7 Å². The highest BCUT2D eigenvalue weighted by atomic mass is 15.1. The molecule has 70 valence electrons. The van der Waals surface area contributed by atoms with E-state index < -0.39 is 0 Å². The number of allylic oxidation sites excluding steroid dienone is 1. The molecule has 0 radical (unpaired) electrons. The maximum atomic E-state index is 3.80. The second kappa shape index (κ2) is 4.66. The number of hydrogen-bond acceptors (Lipinski definition) is 1. The second-order valence-corrected chi connectivity index (χ2v) is 4.16. The van der Waals surface area contributed by atoms with Gasteiger partial charge >= 0.3 is 0 Å². The monoisotopic (exact) mass is 167 g/mol. The summed E-state index contributed by atoms with van der Waals surface area (Å²) in [5.41, 5.74) is 0. The van der Waals surface area contributed by atoms with Crippen molar-refractivity contribution in [2.45, 2.75) is 38.1 Å². The first-order valence-electron chi connectivity index (χ1n) is 5.01. The van der Waals surface area contributed by atoms with Gasteiger partial charge in [0, 0.05) is 6.04 Å². The average molecular weight is 167 g/mol. The Hall–Kier alpha value is -0.300. The van der Waals surface area contributed by atoms with E-state index in [2.05, 4.69) is 31.7 Å². The van der Waals surface area contributed by atoms with Gasteiger partial charge in [-0.1, -0.05) is 6.08 Å². The van der Waals surface area contributed by atoms with Gasteiger partial charge in [-0.2, -0.15) is 0 Å². The predicted octanol–water partition coefficient (Wildman–Crippen LogP) is 2.68. The van der Waals surface area contributed by atoms with Gasteiger partial charge in [0.2, 0.25) is 0 Å². The van der Waals surface area contributed by atoms with Gasteiger partial charge in [0.15, 0.2) is 0 Å². The van der Waals surface area contributed by atoms with Crippen LogP contribution in [0.5, 0.6) is 0 Å². The summed E-state index contributed by atoms with van der Waals surface area (Å²) in [6, 6.07) is 0.839. The number of rotatable bonds is 3. The molecule has 1 saturated carbocycles. The van der Waals surface area contributed by atoms with Crippen LogP contribution >= 0.6 is 0 Å². The van der Waals surface area contributed by atoms with Crippen LogP contribution in [0.4, 0.5) is 0 Å². The summed E-state index contributed by atoms with van der Waals surface area (Å²) < 4.78 is 0. The molecule has 12 heavy (non-hydrogen) atoms. The lowest BCUT2D eigenvalue weighted by atomic mass is 9.84. The lowest BCUT2D eigenvalue weighted by molar-refractivity contribution is 0.194. The highest BCUT2D eigenvalue weighted by Gasteiger charge is 2.20. The van der Waals surface area contributed by atoms with Crippen molar-refractivity contribution in [2.75, 3.05) is 14.1 Å². The van der Waals surface area contributed by atoms with E-state index in [-0.39, 0.29) is 0 Å². The fourth-order valence-electron chi connectivity index (χ4n) is 2.13. The third-order valence-corrected chi connectivity index (χ3v) is 3.05. The molecule has 1 aliphatic rings. The minimum absolute atomic E-state index is 0.839. The van der Waals surface area contributed by atoms with Gasteiger partial charge in [-0.05, 0) is 52.1 Å². The Morgan fingerprint density at radius 1 is 1.25 bits per heavy atom. The molecule has 0 aromatic heterocycles. The molecule has 0 heterocycles. The topological polar surface area (TPSA) is 3.24 Å². The van der Waals surface area contributed by atoms with E-state index in [1.807, 2.05) is 0 Å². The summed E-state index contributed by atoms with van der Waals surface area (Å²) in [4.78, 5) is 2.37. The highest BCUT2D eigenvalue weighted by Crippen LogP contribution is 2.28. The third kappa shape index (κ3) is 2.63. The van der Waals surface area contributed by atoms with Crippen LogP contribution in [-0.4, -0.2) is 25.0 Å². The fourth-order valence-corrected chi connectivity index (χ4v) is 2.13. The second-order valence-electron chi connectivity index (χ2n) is 4.16. The predicted molar refractivity (Wildman–Crippen MR) is 54.2 cm³/mol. The standard InChI is InChI=1S/C11H21N/c1-4-5-10-6-8-11(9-7-10)12(2)3/h4,10-11H,1,5-9H2,2-3H3. The molecular formula is C11H21N. The van der Waals surface area contributed by atoms with Crippen molar-refractivity contribution in [1.29, 1.82) is 0 Å². The molecule has 0 bridgehead atoms. The molecule has 1 heteroatoms. The van der Waals surface area contributed by atoms with Crippen LogP contribution in [0.25, 0.3) is 0 Å². The van der Waals surface area contributed by atoms with E-state index >= 15 is 0 Å². The van der Waals surface area contributed by atoms with Gasteiger partial charge in [-0.3, -0.25) is 0 Å². The van der Waals surface area contributed by atoms with Crippen molar-refractivity contribution in [3.8, 4) is 0 Å². The SMILES string of the molecule is C=CCC1CCC(N(C)C)CC1. The lowest BCUT2D eigenvalue weighted by Gasteiger charge is -2.32. The molecule has 0 spiro atoms. The quantitative estimate of drug-likeness (QED) is 0.584. The van der Waals surface area contributed by atoms with E-state index in [1.54, 1.807) is 0 Å². The molecule has 1 aliphatic carbocycles. The molecule has 0 unspecified atom stereocenters. The minimum Gasteiger partial charge on any atom is -0.306 e. The van der Waals surface area contributed by atoms with Crippen LogP contribution in [0.3, 0.4) is 0 Å². The zero-order chi connectivity index (χ0) is 8.97. The zero-order valence-corrected chi connectivity index (χ0v) is 8.42. The molecule has 1 fully saturated rings. The first kappa shape index (κ1) is 9.79.